The van der Waals surface area contributed by atoms with Crippen molar-refractivity contribution >= 4 is 0 Å². The molecule has 2 rings (SSSR count). The highest BCUT2D eigenvalue weighted by Crippen LogP contribution is 2.38. The predicted octanol–water partition coefficient (Wildman–Crippen LogP) is 3.08. The van der Waals surface area contributed by atoms with Gasteiger partial charge in [-0.1, -0.05) is 36.0 Å². The molecule has 0 aromatic carbocycles. The van der Waals surface area contributed by atoms with Crippen LogP contribution in [0.5, 0.6) is 0 Å². The van der Waals surface area contributed by atoms with E-state index in [1.165, 1.54) is 12.8 Å². The quantitative estimate of drug-likeness (QED) is 0.461. The summed E-state index contributed by atoms with van der Waals surface area (Å²) >= 11 is 0. The third-order valence-electron chi connectivity index (χ3n) is 2.74. The van der Waals surface area contributed by atoms with Gasteiger partial charge in [-0.15, -0.1) is 0 Å². The molecule has 0 spiro atoms. The van der Waals surface area contributed by atoms with Gasteiger partial charge in [-0.25, -0.2) is 0 Å². The molecule has 58 valence electrons. The number of rotatable bonds is 0. The maximum Gasteiger partial charge on any atom is -0.00144 e. The fourth-order valence-electron chi connectivity index (χ4n) is 2.12. The van der Waals surface area contributed by atoms with Crippen LogP contribution in [-0.2, 0) is 0 Å². The minimum Gasteiger partial charge on any atom is -0.0878 e. The van der Waals surface area contributed by atoms with Crippen LogP contribution >= 0.6 is 0 Å². The van der Waals surface area contributed by atoms with E-state index in [2.05, 4.69) is 37.3 Å². The van der Waals surface area contributed by atoms with Crippen molar-refractivity contribution < 1.29 is 0 Å². The molecule has 2 aliphatic carbocycles. The molecule has 0 aliphatic heterocycles. The van der Waals surface area contributed by atoms with Crippen molar-refractivity contribution in [1.29, 1.82) is 0 Å². The van der Waals surface area contributed by atoms with Gasteiger partial charge in [-0.05, 0) is 31.6 Å². The lowest BCUT2D eigenvalue weighted by Gasteiger charge is -2.03. The smallest absolute Gasteiger partial charge is 0.00144 e. The maximum atomic E-state index is 2.34. The SMILES string of the molecule is C/C=C1\CC2C=CC=CC1C2. The van der Waals surface area contributed by atoms with Crippen LogP contribution in [0.25, 0.3) is 0 Å². The predicted molar refractivity (Wildman–Crippen MR) is 48.3 cm³/mol. The number of allylic oxidation sites excluding steroid dienone is 6. The molecule has 0 amide bonds. The minimum absolute atomic E-state index is 0.750. The monoisotopic (exact) mass is 146 g/mol. The fraction of sp³-hybridized carbons (Fsp3) is 0.455. The molecule has 0 nitrogen and oxygen atoms in total. The zero-order valence-electron chi connectivity index (χ0n) is 6.96. The van der Waals surface area contributed by atoms with Crippen molar-refractivity contribution in [1.82, 2.24) is 0 Å². The van der Waals surface area contributed by atoms with Gasteiger partial charge in [0.15, 0.2) is 0 Å². The Hall–Kier alpha value is -0.780. The van der Waals surface area contributed by atoms with Gasteiger partial charge < -0.3 is 0 Å². The van der Waals surface area contributed by atoms with Crippen LogP contribution < -0.4 is 0 Å². The first-order chi connectivity index (χ1) is 5.40. The Morgan fingerprint density at radius 3 is 3.00 bits per heavy atom. The summed E-state index contributed by atoms with van der Waals surface area (Å²) in [5.74, 6) is 1.57. The summed E-state index contributed by atoms with van der Waals surface area (Å²) in [6, 6.07) is 0. The van der Waals surface area contributed by atoms with Crippen molar-refractivity contribution in [2.45, 2.75) is 19.8 Å². The second kappa shape index (κ2) is 2.69. The van der Waals surface area contributed by atoms with Crippen LogP contribution in [-0.4, -0.2) is 0 Å². The lowest BCUT2D eigenvalue weighted by molar-refractivity contribution is 0.651. The lowest BCUT2D eigenvalue weighted by atomic mass is 10.0. The van der Waals surface area contributed by atoms with Crippen LogP contribution in [0.4, 0.5) is 0 Å². The van der Waals surface area contributed by atoms with E-state index < -0.39 is 0 Å². The first-order valence-electron chi connectivity index (χ1n) is 4.40. The topological polar surface area (TPSA) is 0 Å². The number of hydrogen-bond donors (Lipinski definition) is 0. The molecule has 0 heterocycles. The van der Waals surface area contributed by atoms with Gasteiger partial charge in [0.1, 0.15) is 0 Å². The molecule has 1 fully saturated rings. The molecule has 0 N–H and O–H groups in total. The summed E-state index contributed by atoms with van der Waals surface area (Å²) in [5.41, 5.74) is 1.63. The Balaban J connectivity index is 2.27. The normalized spacial score (nSPS) is 38.1. The lowest BCUT2D eigenvalue weighted by Crippen LogP contribution is -1.89. The zero-order valence-corrected chi connectivity index (χ0v) is 6.96. The van der Waals surface area contributed by atoms with Crippen molar-refractivity contribution in [2.75, 3.05) is 0 Å². The van der Waals surface area contributed by atoms with Crippen LogP contribution in [0, 0.1) is 11.8 Å². The Labute approximate surface area is 68.3 Å². The van der Waals surface area contributed by atoms with Crippen LogP contribution in [0.1, 0.15) is 19.8 Å². The number of hydrogen-bond acceptors (Lipinski definition) is 0. The van der Waals surface area contributed by atoms with E-state index in [4.69, 9.17) is 0 Å². The zero-order chi connectivity index (χ0) is 7.68. The second-order valence-corrected chi connectivity index (χ2v) is 3.44. The molecule has 11 heavy (non-hydrogen) atoms. The van der Waals surface area contributed by atoms with E-state index in [-0.39, 0.29) is 0 Å². The molecule has 2 aliphatic rings. The van der Waals surface area contributed by atoms with E-state index in [9.17, 15) is 0 Å². The molecular weight excluding hydrogens is 132 g/mol. The Morgan fingerprint density at radius 2 is 2.18 bits per heavy atom. The molecule has 0 heteroatoms. The molecule has 1 saturated carbocycles. The first kappa shape index (κ1) is 6.90. The molecule has 0 aromatic heterocycles. The average Bonchev–Trinajstić information content (AvgIpc) is 2.22. The Bertz CT molecular complexity index is 230. The highest BCUT2D eigenvalue weighted by atomic mass is 14.3. The third kappa shape index (κ3) is 1.18. The van der Waals surface area contributed by atoms with E-state index >= 15 is 0 Å². The van der Waals surface area contributed by atoms with Crippen LogP contribution in [0.2, 0.25) is 0 Å². The molecule has 2 bridgehead atoms. The van der Waals surface area contributed by atoms with Gasteiger partial charge in [0.25, 0.3) is 0 Å². The molecule has 0 aromatic rings. The molecule has 0 radical (unpaired) electrons. The van der Waals surface area contributed by atoms with Gasteiger partial charge in [0, 0.05) is 0 Å². The molecule has 2 unspecified atom stereocenters. The van der Waals surface area contributed by atoms with Gasteiger partial charge in [-0.2, -0.15) is 0 Å². The Morgan fingerprint density at radius 1 is 1.36 bits per heavy atom. The number of fused-ring (bicyclic) bond motifs is 2. The van der Waals surface area contributed by atoms with E-state index in [1.54, 1.807) is 5.57 Å². The molecular formula is C11H14. The summed E-state index contributed by atoms with van der Waals surface area (Å²) in [5, 5.41) is 0. The standard InChI is InChI=1S/C11H14/c1-2-10-7-9-5-3-4-6-11(10)8-9/h2-6,9,11H,7-8H2,1H3/b10-2+. The minimum atomic E-state index is 0.750. The van der Waals surface area contributed by atoms with Crippen LogP contribution in [0.15, 0.2) is 36.0 Å². The molecule has 2 atom stereocenters. The van der Waals surface area contributed by atoms with Gasteiger partial charge in [0.2, 0.25) is 0 Å². The highest BCUT2D eigenvalue weighted by Gasteiger charge is 2.25. The third-order valence-corrected chi connectivity index (χ3v) is 2.74. The van der Waals surface area contributed by atoms with E-state index in [1.807, 2.05) is 0 Å². The van der Waals surface area contributed by atoms with Crippen molar-refractivity contribution in [3.05, 3.63) is 36.0 Å². The van der Waals surface area contributed by atoms with Crippen LogP contribution in [0.3, 0.4) is 0 Å². The highest BCUT2D eigenvalue weighted by molar-refractivity contribution is 5.26. The summed E-state index contributed by atoms with van der Waals surface area (Å²) in [7, 11) is 0. The summed E-state index contributed by atoms with van der Waals surface area (Å²) in [4.78, 5) is 0. The summed E-state index contributed by atoms with van der Waals surface area (Å²) in [6.45, 7) is 2.16. The molecule has 0 saturated heterocycles. The van der Waals surface area contributed by atoms with Gasteiger partial charge in [-0.3, -0.25) is 0 Å². The van der Waals surface area contributed by atoms with E-state index in [0.29, 0.717) is 0 Å². The van der Waals surface area contributed by atoms with E-state index in [0.717, 1.165) is 11.8 Å². The first-order valence-corrected chi connectivity index (χ1v) is 4.40. The van der Waals surface area contributed by atoms with Crippen molar-refractivity contribution in [2.24, 2.45) is 11.8 Å². The second-order valence-electron chi connectivity index (χ2n) is 3.44. The van der Waals surface area contributed by atoms with Crippen molar-refractivity contribution in [3.8, 4) is 0 Å². The Kier molecular flexibility index (Phi) is 1.69. The van der Waals surface area contributed by atoms with Gasteiger partial charge in [0.05, 0.1) is 0 Å². The fourth-order valence-corrected chi connectivity index (χ4v) is 2.12. The maximum absolute atomic E-state index is 2.34. The summed E-state index contributed by atoms with van der Waals surface area (Å²) in [6.07, 6.45) is 14.0. The average molecular weight is 146 g/mol. The largest absolute Gasteiger partial charge is 0.0878 e. The summed E-state index contributed by atoms with van der Waals surface area (Å²) < 4.78 is 0. The van der Waals surface area contributed by atoms with Crippen molar-refractivity contribution in [3.63, 3.8) is 0 Å². The van der Waals surface area contributed by atoms with Gasteiger partial charge >= 0.3 is 0 Å².